The van der Waals surface area contributed by atoms with Crippen LogP contribution in [0.15, 0.2) is 24.3 Å². The summed E-state index contributed by atoms with van der Waals surface area (Å²) in [7, 11) is 0. The molecule has 216 valence electrons. The lowest BCUT2D eigenvalue weighted by Crippen LogP contribution is -2.57. The summed E-state index contributed by atoms with van der Waals surface area (Å²) >= 11 is 0. The zero-order valence-corrected chi connectivity index (χ0v) is 21.3. The second kappa shape index (κ2) is 16.6. The first-order valence-electron chi connectivity index (χ1n) is 12.2. The van der Waals surface area contributed by atoms with Crippen LogP contribution in [0.25, 0.3) is 0 Å². The van der Waals surface area contributed by atoms with Crippen molar-refractivity contribution in [1.82, 2.24) is 16.0 Å². The highest BCUT2D eigenvalue weighted by molar-refractivity contribution is 5.94. The van der Waals surface area contributed by atoms with E-state index in [0.29, 0.717) is 24.9 Å². The van der Waals surface area contributed by atoms with Crippen LogP contribution in [0.2, 0.25) is 0 Å². The number of rotatable bonds is 18. The molecule has 39 heavy (non-hydrogen) atoms. The van der Waals surface area contributed by atoms with Crippen molar-refractivity contribution < 1.29 is 44.1 Å². The van der Waals surface area contributed by atoms with E-state index < -0.39 is 66.2 Å². The number of benzene rings is 1. The molecular formula is C24H36N6O9. The number of carboxylic acid groups (broad SMARTS) is 2. The third kappa shape index (κ3) is 12.7. The maximum Gasteiger partial charge on any atom is 0.326 e. The highest BCUT2D eigenvalue weighted by Gasteiger charge is 2.31. The van der Waals surface area contributed by atoms with E-state index in [2.05, 4.69) is 16.0 Å². The Morgan fingerprint density at radius 1 is 0.795 bits per heavy atom. The summed E-state index contributed by atoms with van der Waals surface area (Å²) in [5.74, 6) is -6.24. The van der Waals surface area contributed by atoms with E-state index in [-0.39, 0.29) is 31.4 Å². The lowest BCUT2D eigenvalue weighted by atomic mass is 10.0. The number of amides is 4. The van der Waals surface area contributed by atoms with Crippen LogP contribution in [0.1, 0.15) is 44.1 Å². The van der Waals surface area contributed by atoms with Gasteiger partial charge in [0.05, 0.1) is 12.5 Å². The number of nitrogens with one attached hydrogen (secondary N) is 3. The number of aliphatic carboxylic acids is 2. The molecule has 15 heteroatoms. The number of hydrogen-bond donors (Lipinski definition) is 9. The fraction of sp³-hybridized carbons (Fsp3) is 0.500. The molecule has 0 saturated heterocycles. The molecule has 0 fully saturated rings. The first kappa shape index (κ1) is 32.8. The molecule has 12 N–H and O–H groups in total. The Morgan fingerprint density at radius 2 is 1.36 bits per heavy atom. The van der Waals surface area contributed by atoms with Crippen LogP contribution in [0, 0.1) is 0 Å². The van der Waals surface area contributed by atoms with E-state index >= 15 is 0 Å². The number of phenols is 1. The molecule has 1 aromatic rings. The molecule has 0 radical (unpaired) electrons. The molecule has 1 rings (SSSR count). The van der Waals surface area contributed by atoms with Crippen molar-refractivity contribution >= 4 is 35.6 Å². The lowest BCUT2D eigenvalue weighted by Gasteiger charge is -2.25. The van der Waals surface area contributed by atoms with Crippen molar-refractivity contribution in [2.45, 2.75) is 69.1 Å². The van der Waals surface area contributed by atoms with Crippen molar-refractivity contribution in [3.05, 3.63) is 29.8 Å². The summed E-state index contributed by atoms with van der Waals surface area (Å²) in [5, 5.41) is 34.9. The average Bonchev–Trinajstić information content (AvgIpc) is 2.86. The van der Waals surface area contributed by atoms with E-state index in [4.69, 9.17) is 22.3 Å². The summed E-state index contributed by atoms with van der Waals surface area (Å²) < 4.78 is 0. The van der Waals surface area contributed by atoms with Gasteiger partial charge in [0, 0.05) is 12.8 Å². The molecule has 4 unspecified atom stereocenters. The summed E-state index contributed by atoms with van der Waals surface area (Å²) in [6, 6.07) is 0.212. The molecular weight excluding hydrogens is 516 g/mol. The van der Waals surface area contributed by atoms with E-state index in [0.717, 1.165) is 0 Å². The number of primary amides is 1. The summed E-state index contributed by atoms with van der Waals surface area (Å²) in [6.07, 6.45) is -0.165. The van der Waals surface area contributed by atoms with Crippen LogP contribution in [0.5, 0.6) is 5.75 Å². The largest absolute Gasteiger partial charge is 0.508 e. The van der Waals surface area contributed by atoms with Gasteiger partial charge >= 0.3 is 11.9 Å². The van der Waals surface area contributed by atoms with Crippen LogP contribution in [-0.2, 0) is 35.2 Å². The number of carboxylic acids is 2. The summed E-state index contributed by atoms with van der Waals surface area (Å²) in [4.78, 5) is 72.3. The van der Waals surface area contributed by atoms with Gasteiger partial charge in [0.1, 0.15) is 23.9 Å². The molecule has 4 atom stereocenters. The van der Waals surface area contributed by atoms with Crippen molar-refractivity contribution in [1.29, 1.82) is 0 Å². The smallest absolute Gasteiger partial charge is 0.326 e. The van der Waals surface area contributed by atoms with Gasteiger partial charge in [-0.15, -0.1) is 0 Å². The number of carbonyl (C=O) groups is 6. The van der Waals surface area contributed by atoms with Gasteiger partial charge < -0.3 is 48.5 Å². The molecule has 0 aliphatic rings. The van der Waals surface area contributed by atoms with Crippen molar-refractivity contribution in [2.24, 2.45) is 17.2 Å². The van der Waals surface area contributed by atoms with Gasteiger partial charge in [0.2, 0.25) is 23.6 Å². The van der Waals surface area contributed by atoms with Crippen molar-refractivity contribution in [3.63, 3.8) is 0 Å². The van der Waals surface area contributed by atoms with Gasteiger partial charge in [-0.3, -0.25) is 24.0 Å². The number of unbranched alkanes of at least 4 members (excludes halogenated alkanes) is 1. The van der Waals surface area contributed by atoms with Crippen LogP contribution < -0.4 is 33.2 Å². The SMILES string of the molecule is NCCCCC(NC(=O)C(N)CCC(N)=O)C(=O)NC(Cc1ccc(O)cc1)C(=O)NC(CC(=O)O)C(=O)O. The zero-order chi connectivity index (χ0) is 29.5. The van der Waals surface area contributed by atoms with Crippen LogP contribution in [0.4, 0.5) is 0 Å². The number of phenolic OH excluding ortho intramolecular Hbond substituents is 1. The Labute approximate surface area is 224 Å². The van der Waals surface area contributed by atoms with Crippen molar-refractivity contribution in [3.8, 4) is 5.75 Å². The Bertz CT molecular complexity index is 1020. The molecule has 0 aromatic heterocycles. The number of nitrogens with two attached hydrogens (primary N) is 3. The second-order valence-electron chi connectivity index (χ2n) is 8.89. The first-order valence-corrected chi connectivity index (χ1v) is 12.2. The van der Waals surface area contributed by atoms with E-state index in [1.165, 1.54) is 24.3 Å². The normalized spacial score (nSPS) is 13.8. The van der Waals surface area contributed by atoms with Crippen LogP contribution >= 0.6 is 0 Å². The van der Waals surface area contributed by atoms with Crippen LogP contribution in [-0.4, -0.2) is 81.6 Å². The highest BCUT2D eigenvalue weighted by atomic mass is 16.4. The second-order valence-corrected chi connectivity index (χ2v) is 8.89. The number of aromatic hydroxyl groups is 1. The molecule has 0 heterocycles. The summed E-state index contributed by atoms with van der Waals surface area (Å²) in [5.41, 5.74) is 16.9. The quantitative estimate of drug-likeness (QED) is 0.0871. The molecule has 4 amide bonds. The predicted molar refractivity (Wildman–Crippen MR) is 137 cm³/mol. The van der Waals surface area contributed by atoms with E-state index in [1.54, 1.807) is 0 Å². The Kier molecular flexibility index (Phi) is 13.9. The maximum atomic E-state index is 13.2. The maximum absolute atomic E-state index is 13.2. The average molecular weight is 553 g/mol. The Balaban J connectivity index is 3.15. The Morgan fingerprint density at radius 3 is 1.90 bits per heavy atom. The fourth-order valence-corrected chi connectivity index (χ4v) is 3.47. The molecule has 1 aromatic carbocycles. The van der Waals surface area contributed by atoms with Crippen molar-refractivity contribution in [2.75, 3.05) is 6.54 Å². The molecule has 0 saturated carbocycles. The number of carbonyl (C=O) groups excluding carboxylic acids is 4. The fourth-order valence-electron chi connectivity index (χ4n) is 3.47. The lowest BCUT2D eigenvalue weighted by molar-refractivity contribution is -0.147. The standard InChI is InChI=1S/C24H36N6O9/c25-10-2-1-3-16(28-21(35)15(26)8-9-19(27)32)22(36)29-17(11-13-4-6-14(31)7-5-13)23(37)30-18(24(38)39)12-20(33)34/h4-7,15-18,31H,1-3,8-12,25-26H2,(H2,27,32)(H,28,35)(H,29,36)(H,30,37)(H,33,34)(H,38,39). The predicted octanol–water partition coefficient (Wildman–Crippen LogP) is -2.33. The van der Waals surface area contributed by atoms with Gasteiger partial charge in [0.15, 0.2) is 0 Å². The topological polar surface area (TPSA) is 277 Å². The third-order valence-corrected chi connectivity index (χ3v) is 5.62. The van der Waals surface area contributed by atoms with Crippen LogP contribution in [0.3, 0.4) is 0 Å². The highest BCUT2D eigenvalue weighted by Crippen LogP contribution is 2.12. The molecule has 0 spiro atoms. The van der Waals surface area contributed by atoms with Gasteiger partial charge in [-0.1, -0.05) is 12.1 Å². The van der Waals surface area contributed by atoms with Gasteiger partial charge in [-0.25, -0.2) is 4.79 Å². The third-order valence-electron chi connectivity index (χ3n) is 5.62. The Hall–Kier alpha value is -4.24. The van der Waals surface area contributed by atoms with Gasteiger partial charge in [-0.2, -0.15) is 0 Å². The minimum atomic E-state index is -1.77. The molecule has 0 aliphatic heterocycles. The van der Waals surface area contributed by atoms with Gasteiger partial charge in [-0.05, 0) is 49.9 Å². The van der Waals surface area contributed by atoms with E-state index in [1.807, 2.05) is 0 Å². The first-order chi connectivity index (χ1) is 18.3. The zero-order valence-electron chi connectivity index (χ0n) is 21.3. The van der Waals surface area contributed by atoms with Gasteiger partial charge in [0.25, 0.3) is 0 Å². The summed E-state index contributed by atoms with van der Waals surface area (Å²) in [6.45, 7) is 0.326. The minimum Gasteiger partial charge on any atom is -0.508 e. The van der Waals surface area contributed by atoms with E-state index in [9.17, 15) is 39.0 Å². The number of hydrogen-bond acceptors (Lipinski definition) is 9. The molecule has 0 bridgehead atoms. The molecule has 15 nitrogen and oxygen atoms in total. The minimum absolute atomic E-state index is 0.0495. The monoisotopic (exact) mass is 552 g/mol. The molecule has 0 aliphatic carbocycles.